The van der Waals surface area contributed by atoms with Crippen molar-refractivity contribution >= 4 is 5.97 Å². The minimum atomic E-state index is -0.295. The third-order valence-corrected chi connectivity index (χ3v) is 4.34. The minimum Gasteiger partial charge on any atom is -0.422 e. The Labute approximate surface area is 143 Å². The first-order chi connectivity index (χ1) is 11.6. The molecular weight excluding hydrogens is 302 g/mol. The van der Waals surface area contributed by atoms with Gasteiger partial charge in [-0.25, -0.2) is 4.79 Å². The van der Waals surface area contributed by atoms with Gasteiger partial charge in [-0.3, -0.25) is 4.90 Å². The van der Waals surface area contributed by atoms with E-state index in [-0.39, 0.29) is 5.97 Å². The molecule has 0 bridgehead atoms. The molecule has 2 aromatic carbocycles. The summed E-state index contributed by atoms with van der Waals surface area (Å²) in [5, 5.41) is 0. The first-order valence-corrected chi connectivity index (χ1v) is 8.31. The molecule has 0 saturated carbocycles. The molecule has 0 aromatic heterocycles. The number of para-hydroxylation sites is 1. The van der Waals surface area contributed by atoms with Gasteiger partial charge in [0.1, 0.15) is 5.75 Å². The molecule has 4 heteroatoms. The maximum Gasteiger partial charge on any atom is 0.343 e. The van der Waals surface area contributed by atoms with Crippen LogP contribution in [0.1, 0.15) is 27.0 Å². The number of hydrogen-bond donors (Lipinski definition) is 0. The van der Waals surface area contributed by atoms with Crippen LogP contribution < -0.4 is 4.74 Å². The highest BCUT2D eigenvalue weighted by Crippen LogP contribution is 2.24. The van der Waals surface area contributed by atoms with Gasteiger partial charge in [0.15, 0.2) is 0 Å². The molecule has 24 heavy (non-hydrogen) atoms. The topological polar surface area (TPSA) is 38.8 Å². The molecule has 1 heterocycles. The van der Waals surface area contributed by atoms with E-state index in [9.17, 15) is 4.79 Å². The molecule has 0 amide bonds. The first-order valence-electron chi connectivity index (χ1n) is 8.31. The van der Waals surface area contributed by atoms with Crippen molar-refractivity contribution in [2.45, 2.75) is 20.4 Å². The molecule has 0 unspecified atom stereocenters. The molecule has 3 rings (SSSR count). The number of morpholine rings is 1. The summed E-state index contributed by atoms with van der Waals surface area (Å²) in [7, 11) is 0. The van der Waals surface area contributed by atoms with Crippen LogP contribution in [0.5, 0.6) is 5.75 Å². The zero-order valence-electron chi connectivity index (χ0n) is 14.2. The Morgan fingerprint density at radius 3 is 2.42 bits per heavy atom. The van der Waals surface area contributed by atoms with E-state index in [1.807, 2.05) is 56.3 Å². The van der Waals surface area contributed by atoms with Crippen LogP contribution in [0.15, 0.2) is 42.5 Å². The van der Waals surface area contributed by atoms with Crippen molar-refractivity contribution in [2.75, 3.05) is 26.3 Å². The molecule has 0 atom stereocenters. The van der Waals surface area contributed by atoms with Gasteiger partial charge in [0.25, 0.3) is 0 Å². The minimum absolute atomic E-state index is 0.295. The maximum absolute atomic E-state index is 12.7. The molecule has 1 aliphatic rings. The van der Waals surface area contributed by atoms with Gasteiger partial charge in [-0.15, -0.1) is 0 Å². The van der Waals surface area contributed by atoms with Crippen LogP contribution in [0.2, 0.25) is 0 Å². The summed E-state index contributed by atoms with van der Waals surface area (Å²) in [6, 6.07) is 13.6. The molecule has 4 nitrogen and oxygen atoms in total. The van der Waals surface area contributed by atoms with Gasteiger partial charge in [-0.05, 0) is 36.6 Å². The quantitative estimate of drug-likeness (QED) is 0.638. The number of carbonyl (C=O) groups excluding carboxylic acids is 1. The van der Waals surface area contributed by atoms with Crippen molar-refractivity contribution in [3.8, 4) is 5.75 Å². The van der Waals surface area contributed by atoms with Crippen molar-refractivity contribution in [3.05, 3.63) is 64.7 Å². The van der Waals surface area contributed by atoms with Gasteiger partial charge in [-0.1, -0.05) is 36.4 Å². The van der Waals surface area contributed by atoms with Crippen LogP contribution in [-0.2, 0) is 11.3 Å². The highest BCUT2D eigenvalue weighted by molar-refractivity contribution is 5.93. The third-order valence-electron chi connectivity index (χ3n) is 4.34. The number of hydrogen-bond acceptors (Lipinski definition) is 4. The van der Waals surface area contributed by atoms with E-state index in [4.69, 9.17) is 9.47 Å². The Morgan fingerprint density at radius 2 is 1.71 bits per heavy atom. The number of benzene rings is 2. The van der Waals surface area contributed by atoms with Crippen molar-refractivity contribution < 1.29 is 14.3 Å². The van der Waals surface area contributed by atoms with Gasteiger partial charge in [-0.2, -0.15) is 0 Å². The largest absolute Gasteiger partial charge is 0.422 e. The van der Waals surface area contributed by atoms with Crippen LogP contribution in [0.3, 0.4) is 0 Å². The summed E-state index contributed by atoms with van der Waals surface area (Å²) in [6.45, 7) is 7.91. The Morgan fingerprint density at radius 1 is 1.04 bits per heavy atom. The predicted octanol–water partition coefficient (Wildman–Crippen LogP) is 3.35. The lowest BCUT2D eigenvalue weighted by Crippen LogP contribution is -2.36. The molecule has 1 fully saturated rings. The normalized spacial score (nSPS) is 15.2. The monoisotopic (exact) mass is 325 g/mol. The smallest absolute Gasteiger partial charge is 0.343 e. The van der Waals surface area contributed by atoms with Crippen molar-refractivity contribution in [2.24, 2.45) is 0 Å². The summed E-state index contributed by atoms with van der Waals surface area (Å²) in [4.78, 5) is 15.0. The average molecular weight is 325 g/mol. The average Bonchev–Trinajstić information content (AvgIpc) is 2.59. The van der Waals surface area contributed by atoms with Crippen molar-refractivity contribution in [1.82, 2.24) is 4.90 Å². The fourth-order valence-electron chi connectivity index (χ4n) is 2.97. The lowest BCUT2D eigenvalue weighted by molar-refractivity contribution is 0.0339. The van der Waals surface area contributed by atoms with E-state index in [2.05, 4.69) is 4.90 Å². The summed E-state index contributed by atoms with van der Waals surface area (Å²) in [5.41, 5.74) is 3.56. The van der Waals surface area contributed by atoms with Crippen LogP contribution in [0.4, 0.5) is 0 Å². The van der Waals surface area contributed by atoms with E-state index in [0.717, 1.165) is 49.5 Å². The zero-order valence-corrected chi connectivity index (χ0v) is 14.2. The number of carbonyl (C=O) groups is 1. The maximum atomic E-state index is 12.7. The molecule has 0 radical (unpaired) electrons. The Hall–Kier alpha value is -2.17. The summed E-state index contributed by atoms with van der Waals surface area (Å²) >= 11 is 0. The number of ether oxygens (including phenoxy) is 2. The van der Waals surface area contributed by atoms with Gasteiger partial charge in [0.05, 0.1) is 18.8 Å². The Bertz CT molecular complexity index is 700. The number of aryl methyl sites for hydroxylation is 2. The fourth-order valence-corrected chi connectivity index (χ4v) is 2.97. The summed E-state index contributed by atoms with van der Waals surface area (Å²) in [5.74, 6) is 0.361. The summed E-state index contributed by atoms with van der Waals surface area (Å²) < 4.78 is 11.1. The second-order valence-electron chi connectivity index (χ2n) is 6.16. The van der Waals surface area contributed by atoms with Crippen LogP contribution >= 0.6 is 0 Å². The highest BCUT2D eigenvalue weighted by Gasteiger charge is 2.18. The van der Waals surface area contributed by atoms with E-state index in [0.29, 0.717) is 11.3 Å². The summed E-state index contributed by atoms with van der Waals surface area (Å²) in [6.07, 6.45) is 0. The number of nitrogens with zero attached hydrogens (tertiary/aromatic N) is 1. The second kappa shape index (κ2) is 7.60. The third kappa shape index (κ3) is 3.83. The van der Waals surface area contributed by atoms with Crippen LogP contribution in [0, 0.1) is 13.8 Å². The lowest BCUT2D eigenvalue weighted by Gasteiger charge is -2.27. The molecule has 1 aliphatic heterocycles. The van der Waals surface area contributed by atoms with Gasteiger partial charge in [0, 0.05) is 19.6 Å². The molecule has 0 aliphatic carbocycles. The molecule has 0 spiro atoms. The van der Waals surface area contributed by atoms with E-state index in [1.54, 1.807) is 0 Å². The Balaban J connectivity index is 1.79. The standard InChI is InChI=1S/C20H23NO3/c1-15-6-5-7-16(2)19(15)24-20(22)18-9-4-3-8-17(18)14-21-10-12-23-13-11-21/h3-9H,10-14H2,1-2H3. The van der Waals surface area contributed by atoms with Crippen LogP contribution in [0.25, 0.3) is 0 Å². The SMILES string of the molecule is Cc1cccc(C)c1OC(=O)c1ccccc1CN1CCOCC1. The highest BCUT2D eigenvalue weighted by atomic mass is 16.5. The Kier molecular flexibility index (Phi) is 5.28. The van der Waals surface area contributed by atoms with Crippen molar-refractivity contribution in [1.29, 1.82) is 0 Å². The van der Waals surface area contributed by atoms with Gasteiger partial charge < -0.3 is 9.47 Å². The van der Waals surface area contributed by atoms with Gasteiger partial charge in [0.2, 0.25) is 0 Å². The molecule has 2 aromatic rings. The second-order valence-corrected chi connectivity index (χ2v) is 6.16. The van der Waals surface area contributed by atoms with Gasteiger partial charge >= 0.3 is 5.97 Å². The molecule has 1 saturated heterocycles. The van der Waals surface area contributed by atoms with E-state index < -0.39 is 0 Å². The number of esters is 1. The van der Waals surface area contributed by atoms with Crippen molar-refractivity contribution in [3.63, 3.8) is 0 Å². The van der Waals surface area contributed by atoms with E-state index in [1.165, 1.54) is 0 Å². The molecule has 126 valence electrons. The van der Waals surface area contributed by atoms with E-state index >= 15 is 0 Å². The molecular formula is C20H23NO3. The lowest BCUT2D eigenvalue weighted by atomic mass is 10.1. The first kappa shape index (κ1) is 16.7. The van der Waals surface area contributed by atoms with Crippen LogP contribution in [-0.4, -0.2) is 37.2 Å². The fraction of sp³-hybridized carbons (Fsp3) is 0.350. The zero-order chi connectivity index (χ0) is 16.9. The molecule has 0 N–H and O–H groups in total. The number of rotatable bonds is 4. The predicted molar refractivity (Wildman–Crippen MR) is 93.4 cm³/mol.